The van der Waals surface area contributed by atoms with Gasteiger partial charge in [0.05, 0.1) is 11.6 Å². The standard InChI is InChI=1S/C23H17ClN2O6/c1-2-31-22(28)16-13-19(25-21(27)14-7-4-3-5-8-14)23(29)32-20(16)12-11-15-17(24)9-6-10-18(15)26-30/h3-13H,2H2,1H3,(H,25,27)/b12-11+. The van der Waals surface area contributed by atoms with E-state index in [4.69, 9.17) is 20.8 Å². The maximum atomic E-state index is 12.5. The quantitative estimate of drug-likeness (QED) is 0.384. The molecule has 0 bridgehead atoms. The van der Waals surface area contributed by atoms with Gasteiger partial charge in [-0.25, -0.2) is 9.59 Å². The number of rotatable bonds is 7. The average Bonchev–Trinajstić information content (AvgIpc) is 2.80. The van der Waals surface area contributed by atoms with E-state index in [1.165, 1.54) is 24.3 Å². The van der Waals surface area contributed by atoms with Gasteiger partial charge in [-0.1, -0.05) is 35.9 Å². The molecule has 0 aliphatic rings. The summed E-state index contributed by atoms with van der Waals surface area (Å²) in [5.74, 6) is -1.45. The number of nitroso groups, excluding NO2 is 1. The Balaban J connectivity index is 2.02. The summed E-state index contributed by atoms with van der Waals surface area (Å²) in [6, 6.07) is 14.0. The molecule has 0 unspecified atom stereocenters. The fraction of sp³-hybridized carbons (Fsp3) is 0.0870. The van der Waals surface area contributed by atoms with E-state index in [1.807, 2.05) is 0 Å². The first-order valence-corrected chi connectivity index (χ1v) is 9.84. The highest BCUT2D eigenvalue weighted by Crippen LogP contribution is 2.29. The van der Waals surface area contributed by atoms with Gasteiger partial charge in [0.15, 0.2) is 0 Å². The summed E-state index contributed by atoms with van der Waals surface area (Å²) in [5, 5.41) is 5.59. The highest BCUT2D eigenvalue weighted by molar-refractivity contribution is 6.32. The van der Waals surface area contributed by atoms with Crippen molar-refractivity contribution < 1.29 is 18.7 Å². The minimum absolute atomic E-state index is 0.0699. The van der Waals surface area contributed by atoms with Crippen LogP contribution in [0.1, 0.15) is 39.0 Å². The number of carbonyl (C=O) groups is 2. The van der Waals surface area contributed by atoms with Gasteiger partial charge in [-0.05, 0) is 54.6 Å². The predicted octanol–water partition coefficient (Wildman–Crippen LogP) is 5.29. The lowest BCUT2D eigenvalue weighted by Crippen LogP contribution is -2.20. The molecule has 1 amide bonds. The van der Waals surface area contributed by atoms with E-state index in [0.29, 0.717) is 5.56 Å². The fourth-order valence-electron chi connectivity index (χ4n) is 2.78. The Hall–Kier alpha value is -4.04. The molecule has 0 aliphatic heterocycles. The third-order valence-corrected chi connectivity index (χ3v) is 4.62. The van der Waals surface area contributed by atoms with Crippen molar-refractivity contribution in [2.45, 2.75) is 6.92 Å². The summed E-state index contributed by atoms with van der Waals surface area (Å²) in [7, 11) is 0. The molecule has 32 heavy (non-hydrogen) atoms. The third kappa shape index (κ3) is 5.16. The molecule has 0 spiro atoms. The molecule has 0 atom stereocenters. The van der Waals surface area contributed by atoms with Gasteiger partial charge in [-0.3, -0.25) is 4.79 Å². The van der Waals surface area contributed by atoms with Gasteiger partial charge in [-0.2, -0.15) is 0 Å². The Labute approximate surface area is 187 Å². The third-order valence-electron chi connectivity index (χ3n) is 4.29. The van der Waals surface area contributed by atoms with Crippen LogP contribution in [0.2, 0.25) is 5.02 Å². The second-order valence-corrected chi connectivity index (χ2v) is 6.77. The first-order chi connectivity index (χ1) is 15.4. The van der Waals surface area contributed by atoms with Crippen LogP contribution in [-0.2, 0) is 4.74 Å². The van der Waals surface area contributed by atoms with Crippen molar-refractivity contribution in [3.63, 3.8) is 0 Å². The summed E-state index contributed by atoms with van der Waals surface area (Å²) in [4.78, 5) is 48.4. The largest absolute Gasteiger partial charge is 0.462 e. The number of amides is 1. The van der Waals surface area contributed by atoms with Crippen LogP contribution < -0.4 is 10.9 Å². The molecule has 9 heteroatoms. The van der Waals surface area contributed by atoms with Crippen LogP contribution in [-0.4, -0.2) is 18.5 Å². The molecule has 0 aliphatic carbocycles. The average molecular weight is 453 g/mol. The predicted molar refractivity (Wildman–Crippen MR) is 121 cm³/mol. The summed E-state index contributed by atoms with van der Waals surface area (Å²) in [6.45, 7) is 1.70. The Morgan fingerprint density at radius 1 is 1.12 bits per heavy atom. The van der Waals surface area contributed by atoms with Gasteiger partial charge in [0.1, 0.15) is 22.7 Å². The lowest BCUT2D eigenvalue weighted by molar-refractivity contribution is 0.0522. The number of hydrogen-bond acceptors (Lipinski definition) is 7. The Bertz CT molecular complexity index is 1250. The molecule has 0 fully saturated rings. The summed E-state index contributed by atoms with van der Waals surface area (Å²) in [5.41, 5.74) is -0.537. The van der Waals surface area contributed by atoms with Crippen molar-refractivity contribution in [2.24, 2.45) is 5.18 Å². The molecule has 3 aromatic rings. The number of benzene rings is 2. The minimum atomic E-state index is -0.880. The first-order valence-electron chi connectivity index (χ1n) is 9.46. The van der Waals surface area contributed by atoms with Crippen molar-refractivity contribution in [1.82, 2.24) is 0 Å². The molecule has 8 nitrogen and oxygen atoms in total. The number of esters is 1. The lowest BCUT2D eigenvalue weighted by atomic mass is 10.1. The smallest absolute Gasteiger partial charge is 0.360 e. The molecule has 1 N–H and O–H groups in total. The zero-order chi connectivity index (χ0) is 23.1. The minimum Gasteiger partial charge on any atom is -0.462 e. The molecule has 1 aromatic heterocycles. The van der Waals surface area contributed by atoms with E-state index in [-0.39, 0.29) is 39.9 Å². The Morgan fingerprint density at radius 2 is 1.88 bits per heavy atom. The second-order valence-electron chi connectivity index (χ2n) is 6.36. The van der Waals surface area contributed by atoms with Crippen molar-refractivity contribution in [3.8, 4) is 0 Å². The first kappa shape index (κ1) is 22.6. The van der Waals surface area contributed by atoms with Gasteiger partial charge in [0.2, 0.25) is 0 Å². The fourth-order valence-corrected chi connectivity index (χ4v) is 3.01. The summed E-state index contributed by atoms with van der Waals surface area (Å²) >= 11 is 6.12. The molecular weight excluding hydrogens is 436 g/mol. The molecule has 0 saturated carbocycles. The molecule has 1 heterocycles. The number of ether oxygens (including phenoxy) is 1. The van der Waals surface area contributed by atoms with Crippen molar-refractivity contribution in [2.75, 3.05) is 11.9 Å². The van der Waals surface area contributed by atoms with Gasteiger partial charge >= 0.3 is 11.6 Å². The highest BCUT2D eigenvalue weighted by atomic mass is 35.5. The van der Waals surface area contributed by atoms with E-state index in [0.717, 1.165) is 0 Å². The number of hydrogen-bond donors (Lipinski definition) is 1. The zero-order valence-electron chi connectivity index (χ0n) is 16.8. The topological polar surface area (TPSA) is 115 Å². The van der Waals surface area contributed by atoms with Crippen LogP contribution in [0.15, 0.2) is 69.0 Å². The van der Waals surface area contributed by atoms with Gasteiger partial charge < -0.3 is 14.5 Å². The molecule has 3 rings (SSSR count). The lowest BCUT2D eigenvalue weighted by Gasteiger charge is -2.09. The maximum Gasteiger partial charge on any atom is 0.360 e. The van der Waals surface area contributed by atoms with Crippen molar-refractivity contribution in [3.05, 3.63) is 97.4 Å². The van der Waals surface area contributed by atoms with E-state index < -0.39 is 17.5 Å². The normalized spacial score (nSPS) is 10.7. The number of anilines is 1. The van der Waals surface area contributed by atoms with Crippen LogP contribution >= 0.6 is 11.6 Å². The monoisotopic (exact) mass is 452 g/mol. The van der Waals surface area contributed by atoms with Gasteiger partial charge in [0.25, 0.3) is 5.91 Å². The van der Waals surface area contributed by atoms with Gasteiger partial charge in [0, 0.05) is 11.1 Å². The van der Waals surface area contributed by atoms with E-state index in [2.05, 4.69) is 10.5 Å². The van der Waals surface area contributed by atoms with Crippen molar-refractivity contribution >= 4 is 47.0 Å². The molecule has 0 saturated heterocycles. The number of nitrogens with zero attached hydrogens (tertiary/aromatic N) is 1. The Kier molecular flexibility index (Phi) is 7.30. The van der Waals surface area contributed by atoms with Crippen LogP contribution in [0.3, 0.4) is 0 Å². The molecular formula is C23H17ClN2O6. The van der Waals surface area contributed by atoms with Crippen LogP contribution in [0, 0.1) is 4.91 Å². The van der Waals surface area contributed by atoms with E-state index in [9.17, 15) is 19.3 Å². The van der Waals surface area contributed by atoms with Crippen LogP contribution in [0.4, 0.5) is 11.4 Å². The van der Waals surface area contributed by atoms with E-state index in [1.54, 1.807) is 49.4 Å². The number of nitrogens with one attached hydrogen (secondary N) is 1. The Morgan fingerprint density at radius 3 is 2.56 bits per heavy atom. The zero-order valence-corrected chi connectivity index (χ0v) is 17.6. The van der Waals surface area contributed by atoms with Gasteiger partial charge in [-0.15, -0.1) is 4.91 Å². The molecule has 162 valence electrons. The highest BCUT2D eigenvalue weighted by Gasteiger charge is 2.19. The van der Waals surface area contributed by atoms with Crippen LogP contribution in [0.5, 0.6) is 0 Å². The second kappa shape index (κ2) is 10.3. The number of carbonyl (C=O) groups excluding carboxylic acids is 2. The van der Waals surface area contributed by atoms with E-state index >= 15 is 0 Å². The number of halogens is 1. The van der Waals surface area contributed by atoms with Crippen molar-refractivity contribution in [1.29, 1.82) is 0 Å². The molecule has 0 radical (unpaired) electrons. The summed E-state index contributed by atoms with van der Waals surface area (Å²) < 4.78 is 10.3. The molecule has 2 aromatic carbocycles. The summed E-state index contributed by atoms with van der Waals surface area (Å²) in [6.07, 6.45) is 2.69. The maximum absolute atomic E-state index is 12.5. The SMILES string of the molecule is CCOC(=O)c1cc(NC(=O)c2ccccc2)c(=O)oc1/C=C/c1c(Cl)cccc1N=O. The van der Waals surface area contributed by atoms with Crippen LogP contribution in [0.25, 0.3) is 12.2 Å².